The van der Waals surface area contributed by atoms with Gasteiger partial charge in [0.2, 0.25) is 5.91 Å². The van der Waals surface area contributed by atoms with Crippen LogP contribution in [0.25, 0.3) is 0 Å². The van der Waals surface area contributed by atoms with Crippen molar-refractivity contribution in [2.45, 2.75) is 50.6 Å². The third-order valence-electron chi connectivity index (χ3n) is 5.41. The van der Waals surface area contributed by atoms with Gasteiger partial charge in [-0.15, -0.1) is 0 Å². The minimum atomic E-state index is -0.865. The first-order chi connectivity index (χ1) is 12.0. The van der Waals surface area contributed by atoms with E-state index in [0.717, 1.165) is 37.7 Å². The van der Waals surface area contributed by atoms with E-state index in [1.165, 1.54) is 12.1 Å². The highest BCUT2D eigenvalue weighted by atomic mass is 19.1. The van der Waals surface area contributed by atoms with Crippen molar-refractivity contribution in [3.63, 3.8) is 0 Å². The number of rotatable bonds is 6. The van der Waals surface area contributed by atoms with E-state index in [0.29, 0.717) is 18.9 Å². The standard InChI is InChI=1S/C19H25FN2O3/c20-15-9-7-14(8-10-15)18(13-4-1-2-5-13)21-17(23)12-22-11-3-6-16(22)19(24)25/h7-10,13,16,18H,1-6,11-12H2,(H,21,23)(H,24,25)/t16-,18-/m0/s1. The van der Waals surface area contributed by atoms with Gasteiger partial charge in [-0.2, -0.15) is 0 Å². The van der Waals surface area contributed by atoms with Crippen LogP contribution in [0.3, 0.4) is 0 Å². The molecule has 1 aliphatic heterocycles. The monoisotopic (exact) mass is 348 g/mol. The average molecular weight is 348 g/mol. The van der Waals surface area contributed by atoms with Gasteiger partial charge in [0.05, 0.1) is 12.6 Å². The number of carboxylic acids is 1. The topological polar surface area (TPSA) is 69.6 Å². The van der Waals surface area contributed by atoms with Crippen molar-refractivity contribution in [3.8, 4) is 0 Å². The third kappa shape index (κ3) is 4.37. The molecule has 6 heteroatoms. The lowest BCUT2D eigenvalue weighted by molar-refractivity contribution is -0.142. The van der Waals surface area contributed by atoms with Gasteiger partial charge in [-0.25, -0.2) is 4.39 Å². The summed E-state index contributed by atoms with van der Waals surface area (Å²) >= 11 is 0. The normalized spacial score (nSPS) is 22.8. The molecule has 1 heterocycles. The van der Waals surface area contributed by atoms with Crippen LogP contribution in [0.1, 0.15) is 50.1 Å². The summed E-state index contributed by atoms with van der Waals surface area (Å²) in [6.07, 6.45) is 5.77. The largest absolute Gasteiger partial charge is 0.480 e. The van der Waals surface area contributed by atoms with Gasteiger partial charge in [0.15, 0.2) is 0 Å². The van der Waals surface area contributed by atoms with Crippen LogP contribution in [-0.4, -0.2) is 41.0 Å². The van der Waals surface area contributed by atoms with Crippen LogP contribution in [0.2, 0.25) is 0 Å². The number of amides is 1. The number of halogens is 1. The molecular weight excluding hydrogens is 323 g/mol. The van der Waals surface area contributed by atoms with Crippen molar-refractivity contribution < 1.29 is 19.1 Å². The van der Waals surface area contributed by atoms with Crippen molar-refractivity contribution in [1.29, 1.82) is 0 Å². The van der Waals surface area contributed by atoms with Crippen LogP contribution < -0.4 is 5.32 Å². The number of carbonyl (C=O) groups is 2. The predicted molar refractivity (Wildman–Crippen MR) is 91.5 cm³/mol. The molecule has 1 aromatic rings. The Morgan fingerprint density at radius 2 is 1.84 bits per heavy atom. The number of nitrogens with one attached hydrogen (secondary N) is 1. The highest BCUT2D eigenvalue weighted by Gasteiger charge is 2.33. The Kier molecular flexibility index (Phi) is 5.68. The number of likely N-dealkylation sites (tertiary alicyclic amines) is 1. The second-order valence-corrected chi connectivity index (χ2v) is 7.11. The minimum absolute atomic E-state index is 0.0986. The maximum Gasteiger partial charge on any atom is 0.320 e. The Morgan fingerprint density at radius 1 is 1.16 bits per heavy atom. The Balaban J connectivity index is 1.68. The van der Waals surface area contributed by atoms with Gasteiger partial charge in [-0.05, 0) is 55.8 Å². The molecule has 5 nitrogen and oxygen atoms in total. The summed E-state index contributed by atoms with van der Waals surface area (Å²) in [4.78, 5) is 25.6. The fraction of sp³-hybridized carbons (Fsp3) is 0.579. The first-order valence-corrected chi connectivity index (χ1v) is 9.06. The number of benzene rings is 1. The Labute approximate surface area is 147 Å². The highest BCUT2D eigenvalue weighted by Crippen LogP contribution is 2.35. The van der Waals surface area contributed by atoms with Crippen molar-refractivity contribution in [2.75, 3.05) is 13.1 Å². The molecule has 1 saturated heterocycles. The number of nitrogens with zero attached hydrogens (tertiary/aromatic N) is 1. The number of hydrogen-bond donors (Lipinski definition) is 2. The molecule has 2 aliphatic rings. The van der Waals surface area contributed by atoms with E-state index in [1.54, 1.807) is 17.0 Å². The molecule has 1 saturated carbocycles. The van der Waals surface area contributed by atoms with Gasteiger partial charge in [-0.3, -0.25) is 14.5 Å². The molecule has 0 radical (unpaired) electrons. The summed E-state index contributed by atoms with van der Waals surface area (Å²) in [5.41, 5.74) is 0.915. The lowest BCUT2D eigenvalue weighted by Crippen LogP contribution is -2.44. The molecule has 1 aliphatic carbocycles. The Hall–Kier alpha value is -1.95. The van der Waals surface area contributed by atoms with Crippen molar-refractivity contribution in [1.82, 2.24) is 10.2 Å². The van der Waals surface area contributed by atoms with E-state index in [2.05, 4.69) is 5.32 Å². The molecule has 1 amide bonds. The zero-order valence-electron chi connectivity index (χ0n) is 14.3. The van der Waals surface area contributed by atoms with E-state index in [-0.39, 0.29) is 24.3 Å². The molecule has 136 valence electrons. The second kappa shape index (κ2) is 7.95. The smallest absolute Gasteiger partial charge is 0.320 e. The van der Waals surface area contributed by atoms with Crippen LogP contribution in [0, 0.1) is 11.7 Å². The molecule has 3 rings (SSSR count). The summed E-state index contributed by atoms with van der Waals surface area (Å²) in [5.74, 6) is -0.963. The van der Waals surface area contributed by atoms with Gasteiger partial charge in [0.1, 0.15) is 11.9 Å². The number of hydrogen-bond acceptors (Lipinski definition) is 3. The van der Waals surface area contributed by atoms with Crippen molar-refractivity contribution in [3.05, 3.63) is 35.6 Å². The number of carbonyl (C=O) groups excluding carboxylic acids is 1. The van der Waals surface area contributed by atoms with Crippen LogP contribution >= 0.6 is 0 Å². The molecule has 25 heavy (non-hydrogen) atoms. The number of aliphatic carboxylic acids is 1. The summed E-state index contributed by atoms with van der Waals surface area (Å²) < 4.78 is 13.2. The van der Waals surface area contributed by atoms with E-state index < -0.39 is 12.0 Å². The zero-order chi connectivity index (χ0) is 17.8. The predicted octanol–water partition coefficient (Wildman–Crippen LogP) is 2.72. The summed E-state index contributed by atoms with van der Waals surface area (Å²) in [6.45, 7) is 0.733. The van der Waals surface area contributed by atoms with E-state index in [9.17, 15) is 19.1 Å². The SMILES string of the molecule is O=C(CN1CCC[C@H]1C(=O)O)N[C@H](c1ccc(F)cc1)C1CCCC1. The molecule has 0 bridgehead atoms. The lowest BCUT2D eigenvalue weighted by atomic mass is 9.91. The maximum absolute atomic E-state index is 13.2. The van der Waals surface area contributed by atoms with E-state index in [1.807, 2.05) is 0 Å². The summed E-state index contributed by atoms with van der Waals surface area (Å²) in [5, 5.41) is 12.3. The van der Waals surface area contributed by atoms with Gasteiger partial charge in [0.25, 0.3) is 0 Å². The van der Waals surface area contributed by atoms with Gasteiger partial charge in [0, 0.05) is 0 Å². The fourth-order valence-corrected chi connectivity index (χ4v) is 4.13. The van der Waals surface area contributed by atoms with Crippen LogP contribution in [0.4, 0.5) is 4.39 Å². The van der Waals surface area contributed by atoms with Gasteiger partial charge >= 0.3 is 5.97 Å². The Morgan fingerprint density at radius 3 is 2.48 bits per heavy atom. The number of carboxylic acid groups (broad SMARTS) is 1. The molecule has 0 unspecified atom stereocenters. The zero-order valence-corrected chi connectivity index (χ0v) is 14.3. The van der Waals surface area contributed by atoms with E-state index in [4.69, 9.17) is 0 Å². The maximum atomic E-state index is 13.2. The molecular formula is C19H25FN2O3. The molecule has 1 aromatic carbocycles. The van der Waals surface area contributed by atoms with Gasteiger partial charge < -0.3 is 10.4 Å². The second-order valence-electron chi connectivity index (χ2n) is 7.11. The third-order valence-corrected chi connectivity index (χ3v) is 5.41. The average Bonchev–Trinajstić information content (AvgIpc) is 3.25. The first kappa shape index (κ1) is 17.9. The molecule has 2 atom stereocenters. The Bertz CT molecular complexity index is 614. The summed E-state index contributed by atoms with van der Waals surface area (Å²) in [6, 6.07) is 5.60. The summed E-state index contributed by atoms with van der Waals surface area (Å²) in [7, 11) is 0. The fourth-order valence-electron chi connectivity index (χ4n) is 4.13. The van der Waals surface area contributed by atoms with Crippen LogP contribution in [0.5, 0.6) is 0 Å². The van der Waals surface area contributed by atoms with E-state index >= 15 is 0 Å². The van der Waals surface area contributed by atoms with Crippen molar-refractivity contribution in [2.24, 2.45) is 5.92 Å². The molecule has 2 N–H and O–H groups in total. The van der Waals surface area contributed by atoms with Crippen molar-refractivity contribution >= 4 is 11.9 Å². The van der Waals surface area contributed by atoms with Crippen LogP contribution in [0.15, 0.2) is 24.3 Å². The molecule has 2 fully saturated rings. The molecule has 0 aromatic heterocycles. The first-order valence-electron chi connectivity index (χ1n) is 9.06. The quantitative estimate of drug-likeness (QED) is 0.829. The highest BCUT2D eigenvalue weighted by molar-refractivity contribution is 5.80. The lowest BCUT2D eigenvalue weighted by Gasteiger charge is -2.27. The van der Waals surface area contributed by atoms with Gasteiger partial charge in [-0.1, -0.05) is 25.0 Å². The minimum Gasteiger partial charge on any atom is -0.480 e. The van der Waals surface area contributed by atoms with Crippen LogP contribution in [-0.2, 0) is 9.59 Å². The molecule has 0 spiro atoms.